The van der Waals surface area contributed by atoms with Gasteiger partial charge in [-0.1, -0.05) is 19.7 Å². The third-order valence-corrected chi connectivity index (χ3v) is 5.71. The van der Waals surface area contributed by atoms with Gasteiger partial charge >= 0.3 is 17.9 Å². The van der Waals surface area contributed by atoms with E-state index >= 15 is 0 Å². The Morgan fingerprint density at radius 2 is 1.19 bits per heavy atom. The van der Waals surface area contributed by atoms with Gasteiger partial charge in [-0.25, -0.2) is 14.4 Å². The van der Waals surface area contributed by atoms with Gasteiger partial charge in [-0.15, -0.1) is 0 Å². The van der Waals surface area contributed by atoms with Crippen LogP contribution in [0.2, 0.25) is 0 Å². The molecule has 0 radical (unpaired) electrons. The fourth-order valence-corrected chi connectivity index (χ4v) is 5.34. The van der Waals surface area contributed by atoms with Crippen LogP contribution in [0.25, 0.3) is 0 Å². The lowest BCUT2D eigenvalue weighted by atomic mass is 9.50. The van der Waals surface area contributed by atoms with E-state index in [9.17, 15) is 14.4 Å². The van der Waals surface area contributed by atoms with E-state index in [0.717, 1.165) is 6.08 Å². The molecule has 0 spiro atoms. The van der Waals surface area contributed by atoms with E-state index in [-0.39, 0.29) is 5.92 Å². The SMILES string of the molecule is C=CC(=O)OC12CC3CC(OC(=O)C(=C)C)(C1)CC(OC(=O)C(=C)C)(C3)C2. The van der Waals surface area contributed by atoms with Crippen molar-refractivity contribution in [1.82, 2.24) is 0 Å². The number of hydrogen-bond donors (Lipinski definition) is 0. The van der Waals surface area contributed by atoms with E-state index in [2.05, 4.69) is 19.7 Å². The first-order chi connectivity index (χ1) is 12.5. The first-order valence-electron chi connectivity index (χ1n) is 9.15. The van der Waals surface area contributed by atoms with Gasteiger partial charge in [0.05, 0.1) is 0 Å². The predicted molar refractivity (Wildman–Crippen MR) is 97.5 cm³/mol. The number of carbonyl (C=O) groups is 3. The predicted octanol–water partition coefficient (Wildman–Crippen LogP) is 3.17. The van der Waals surface area contributed by atoms with E-state index in [1.165, 1.54) is 0 Å². The Kier molecular flexibility index (Phi) is 4.57. The number of hydrogen-bond acceptors (Lipinski definition) is 6. The minimum Gasteiger partial charge on any atom is -0.456 e. The summed E-state index contributed by atoms with van der Waals surface area (Å²) in [5.41, 5.74) is -1.92. The van der Waals surface area contributed by atoms with Crippen LogP contribution >= 0.6 is 0 Å². The Hall–Kier alpha value is -2.37. The van der Waals surface area contributed by atoms with Gasteiger partial charge in [0, 0.05) is 36.5 Å². The molecule has 0 N–H and O–H groups in total. The Morgan fingerprint density at radius 1 is 0.815 bits per heavy atom. The zero-order chi connectivity index (χ0) is 20.0. The summed E-state index contributed by atoms with van der Waals surface area (Å²) in [6, 6.07) is 0. The highest BCUT2D eigenvalue weighted by atomic mass is 16.6. The molecule has 27 heavy (non-hydrogen) atoms. The average Bonchev–Trinajstić information content (AvgIpc) is 2.51. The van der Waals surface area contributed by atoms with Crippen LogP contribution in [-0.2, 0) is 28.6 Å². The molecule has 4 rings (SSSR count). The Morgan fingerprint density at radius 3 is 1.52 bits per heavy atom. The molecule has 4 fully saturated rings. The molecule has 4 aliphatic rings. The van der Waals surface area contributed by atoms with E-state index in [0.29, 0.717) is 49.7 Å². The monoisotopic (exact) mass is 374 g/mol. The third-order valence-electron chi connectivity index (χ3n) is 5.71. The van der Waals surface area contributed by atoms with Crippen molar-refractivity contribution in [2.45, 2.75) is 69.2 Å². The van der Waals surface area contributed by atoms with E-state index < -0.39 is 34.7 Å². The highest BCUT2D eigenvalue weighted by Crippen LogP contribution is 2.63. The molecule has 4 saturated carbocycles. The molecule has 4 bridgehead atoms. The van der Waals surface area contributed by atoms with Gasteiger partial charge in [-0.3, -0.25) is 0 Å². The summed E-state index contributed by atoms with van der Waals surface area (Å²) >= 11 is 0. The summed E-state index contributed by atoms with van der Waals surface area (Å²) in [6.07, 6.45) is 4.27. The van der Waals surface area contributed by atoms with Gasteiger partial charge in [-0.05, 0) is 39.0 Å². The summed E-state index contributed by atoms with van der Waals surface area (Å²) in [6.45, 7) is 14.0. The summed E-state index contributed by atoms with van der Waals surface area (Å²) < 4.78 is 17.4. The van der Waals surface area contributed by atoms with E-state index in [1.807, 2.05) is 0 Å². The second-order valence-corrected chi connectivity index (χ2v) is 8.52. The maximum Gasteiger partial charge on any atom is 0.333 e. The second-order valence-electron chi connectivity index (χ2n) is 8.52. The Balaban J connectivity index is 1.97. The zero-order valence-corrected chi connectivity index (χ0v) is 16.0. The average molecular weight is 374 g/mol. The van der Waals surface area contributed by atoms with Crippen LogP contribution in [0, 0.1) is 5.92 Å². The minimum absolute atomic E-state index is 0.120. The van der Waals surface area contributed by atoms with E-state index in [4.69, 9.17) is 14.2 Å². The van der Waals surface area contributed by atoms with Crippen molar-refractivity contribution in [3.63, 3.8) is 0 Å². The maximum atomic E-state index is 12.3. The molecular weight excluding hydrogens is 348 g/mol. The largest absolute Gasteiger partial charge is 0.456 e. The van der Waals surface area contributed by atoms with Crippen LogP contribution in [0.3, 0.4) is 0 Å². The van der Waals surface area contributed by atoms with Crippen molar-refractivity contribution in [1.29, 1.82) is 0 Å². The smallest absolute Gasteiger partial charge is 0.333 e. The molecule has 6 heteroatoms. The van der Waals surface area contributed by atoms with Gasteiger partial charge < -0.3 is 14.2 Å². The highest BCUT2D eigenvalue weighted by Gasteiger charge is 2.68. The fraction of sp³-hybridized carbons (Fsp3) is 0.571. The number of ether oxygens (including phenoxy) is 3. The van der Waals surface area contributed by atoms with Crippen molar-refractivity contribution in [3.8, 4) is 0 Å². The zero-order valence-electron chi connectivity index (χ0n) is 16.0. The van der Waals surface area contributed by atoms with Crippen LogP contribution in [0.15, 0.2) is 37.0 Å². The van der Waals surface area contributed by atoms with Gasteiger partial charge in [0.1, 0.15) is 16.8 Å². The van der Waals surface area contributed by atoms with Crippen molar-refractivity contribution in [3.05, 3.63) is 37.0 Å². The van der Waals surface area contributed by atoms with Crippen molar-refractivity contribution < 1.29 is 28.6 Å². The standard InChI is InChI=1S/C21H26O6/c1-6-16(22)25-19-7-15-8-20(10-19,26-17(23)13(2)3)12-21(9-15,11-19)27-18(24)14(4)5/h6,15H,1-2,4,7-12H2,3,5H3. The molecule has 2 unspecified atom stereocenters. The topological polar surface area (TPSA) is 78.9 Å². The van der Waals surface area contributed by atoms with Gasteiger partial charge in [0.25, 0.3) is 0 Å². The number of carbonyl (C=O) groups excluding carboxylic acids is 3. The number of rotatable bonds is 6. The van der Waals surface area contributed by atoms with Gasteiger partial charge in [-0.2, -0.15) is 0 Å². The van der Waals surface area contributed by atoms with Crippen LogP contribution in [0.5, 0.6) is 0 Å². The van der Waals surface area contributed by atoms with Crippen LogP contribution in [-0.4, -0.2) is 34.7 Å². The molecule has 0 aromatic rings. The highest BCUT2D eigenvalue weighted by molar-refractivity contribution is 5.88. The molecule has 2 atom stereocenters. The first-order valence-corrected chi connectivity index (χ1v) is 9.15. The van der Waals surface area contributed by atoms with Crippen LogP contribution in [0.4, 0.5) is 0 Å². The second kappa shape index (κ2) is 6.36. The molecule has 0 saturated heterocycles. The molecule has 146 valence electrons. The summed E-state index contributed by atoms with van der Waals surface area (Å²) in [7, 11) is 0. The van der Waals surface area contributed by atoms with E-state index in [1.54, 1.807) is 13.8 Å². The molecular formula is C21H26O6. The normalized spacial score (nSPS) is 35.9. The van der Waals surface area contributed by atoms with Gasteiger partial charge in [0.15, 0.2) is 0 Å². The van der Waals surface area contributed by atoms with Gasteiger partial charge in [0.2, 0.25) is 0 Å². The molecule has 6 nitrogen and oxygen atoms in total. The molecule has 0 heterocycles. The lowest BCUT2D eigenvalue weighted by Crippen LogP contribution is -2.68. The molecule has 0 aromatic carbocycles. The molecule has 0 amide bonds. The summed E-state index contributed by atoms with van der Waals surface area (Å²) in [5, 5.41) is 0. The van der Waals surface area contributed by atoms with Crippen LogP contribution < -0.4 is 0 Å². The summed E-state index contributed by atoms with van der Waals surface area (Å²) in [5.74, 6) is -1.37. The Bertz CT molecular complexity index is 704. The third kappa shape index (κ3) is 3.57. The van der Waals surface area contributed by atoms with Crippen molar-refractivity contribution >= 4 is 17.9 Å². The maximum absolute atomic E-state index is 12.3. The summed E-state index contributed by atoms with van der Waals surface area (Å²) in [4.78, 5) is 36.5. The minimum atomic E-state index is -0.841. The Labute approximate surface area is 159 Å². The van der Waals surface area contributed by atoms with Crippen molar-refractivity contribution in [2.24, 2.45) is 5.92 Å². The first kappa shape index (κ1) is 19.4. The van der Waals surface area contributed by atoms with Crippen molar-refractivity contribution in [2.75, 3.05) is 0 Å². The molecule has 0 aromatic heterocycles. The fourth-order valence-electron chi connectivity index (χ4n) is 5.34. The molecule has 4 aliphatic carbocycles. The quantitative estimate of drug-likeness (QED) is 0.404. The molecule has 0 aliphatic heterocycles. The lowest BCUT2D eigenvalue weighted by Gasteiger charge is -2.63. The van der Waals surface area contributed by atoms with Crippen LogP contribution in [0.1, 0.15) is 52.4 Å². The number of esters is 3. The lowest BCUT2D eigenvalue weighted by molar-refractivity contribution is -0.269.